The molecular formula is C48H60N18. The number of nitrogens with zero attached hydrogens (tertiary/aromatic N) is 12. The lowest BCUT2D eigenvalue weighted by Crippen LogP contribution is -2.03. The van der Waals surface area contributed by atoms with E-state index in [1.54, 1.807) is 18.6 Å². The van der Waals surface area contributed by atoms with Crippen molar-refractivity contribution < 1.29 is 0 Å². The van der Waals surface area contributed by atoms with Gasteiger partial charge in [0.25, 0.3) is 0 Å². The number of aryl methyl sites for hydroxylation is 3. The van der Waals surface area contributed by atoms with E-state index in [0.29, 0.717) is 41.3 Å². The summed E-state index contributed by atoms with van der Waals surface area (Å²) in [4.78, 5) is 28.8. The molecule has 0 bridgehead atoms. The van der Waals surface area contributed by atoms with Gasteiger partial charge in [0.2, 0.25) is 5.95 Å². The van der Waals surface area contributed by atoms with Gasteiger partial charge in [-0.2, -0.15) is 35.5 Å². The molecule has 0 unspecified atom stereocenters. The standard InChI is InChI=1S/C12H12N6.C10H16N2.2C9H11N3.C8H10N4/c1-7-13-8(2)15-12(14-7)16-11-9-5-3-4-6-10(9)17-18-11;1-7(2)10-8-5-3-4-6-9(8)11-12-10;1-6(2)9-7-5-10-4-3-8(7)11-12-9;1-6(2)8-7-4-3-5-10-9(7)12-11-8;1-5(2)7-6-3-9-4-10-8(6)12-11-7/h3-6H,1-2H3,(H2,13,14,15,16,17,18);7H,3-6H2,1-2H3,(H,11,12);3-6H,1-2H3,(H,11,12);3-6H,1-2H3,(H,10,11,12);3-5H,1-2H3,(H,9,10,11,12). The van der Waals surface area contributed by atoms with Gasteiger partial charge in [0.05, 0.1) is 22.1 Å². The van der Waals surface area contributed by atoms with Crippen molar-refractivity contribution in [1.29, 1.82) is 0 Å². The van der Waals surface area contributed by atoms with Gasteiger partial charge in [0.15, 0.2) is 17.1 Å². The van der Waals surface area contributed by atoms with Crippen LogP contribution in [0, 0.1) is 13.8 Å². The molecule has 0 saturated heterocycles. The maximum Gasteiger partial charge on any atom is 0.231 e. The number of aromatic amines is 5. The zero-order valence-electron chi connectivity index (χ0n) is 39.4. The summed E-state index contributed by atoms with van der Waals surface area (Å²) in [5, 5.41) is 43.4. The Kier molecular flexibility index (Phi) is 15.1. The average Bonchev–Trinajstić information content (AvgIpc) is 4.16. The number of benzene rings is 1. The van der Waals surface area contributed by atoms with E-state index in [2.05, 4.69) is 147 Å². The minimum Gasteiger partial charge on any atom is -0.307 e. The predicted octanol–water partition coefficient (Wildman–Crippen LogP) is 10.2. The van der Waals surface area contributed by atoms with Crippen molar-refractivity contribution >= 4 is 55.6 Å². The first-order valence-electron chi connectivity index (χ1n) is 22.5. The fraction of sp³-hybridized carbons (Fsp3) is 0.375. The number of pyridine rings is 2. The average molecular weight is 889 g/mol. The van der Waals surface area contributed by atoms with Crippen LogP contribution in [0.3, 0.4) is 0 Å². The summed E-state index contributed by atoms with van der Waals surface area (Å²) in [6, 6.07) is 13.8. The molecule has 9 aromatic heterocycles. The van der Waals surface area contributed by atoms with E-state index in [0.717, 1.165) is 66.8 Å². The Morgan fingerprint density at radius 1 is 0.530 bits per heavy atom. The van der Waals surface area contributed by atoms with E-state index in [1.165, 1.54) is 49.0 Å². The van der Waals surface area contributed by atoms with Crippen molar-refractivity contribution in [3.8, 4) is 0 Å². The molecule has 0 amide bonds. The third-order valence-electron chi connectivity index (χ3n) is 10.9. The third kappa shape index (κ3) is 11.2. The van der Waals surface area contributed by atoms with Crippen molar-refractivity contribution in [2.24, 2.45) is 0 Å². The molecule has 18 nitrogen and oxygen atoms in total. The van der Waals surface area contributed by atoms with Crippen LogP contribution in [0.1, 0.15) is 138 Å². The van der Waals surface area contributed by atoms with Crippen LogP contribution >= 0.6 is 0 Å². The molecule has 10 aromatic rings. The maximum atomic E-state index is 4.37. The van der Waals surface area contributed by atoms with E-state index < -0.39 is 0 Å². The lowest BCUT2D eigenvalue weighted by atomic mass is 9.93. The van der Waals surface area contributed by atoms with Crippen LogP contribution in [0.5, 0.6) is 0 Å². The molecule has 6 N–H and O–H groups in total. The van der Waals surface area contributed by atoms with Crippen LogP contribution in [0.2, 0.25) is 0 Å². The van der Waals surface area contributed by atoms with Gasteiger partial charge < -0.3 is 5.32 Å². The molecule has 0 atom stereocenters. The summed E-state index contributed by atoms with van der Waals surface area (Å²) in [5.41, 5.74) is 11.2. The van der Waals surface area contributed by atoms with Crippen LogP contribution in [0.25, 0.3) is 43.9 Å². The molecular weight excluding hydrogens is 829 g/mol. The molecule has 0 saturated carbocycles. The fourth-order valence-electron chi connectivity index (χ4n) is 7.66. The quantitative estimate of drug-likeness (QED) is 0.0911. The fourth-order valence-corrected chi connectivity index (χ4v) is 7.66. The molecule has 1 aliphatic carbocycles. The Morgan fingerprint density at radius 2 is 1.17 bits per heavy atom. The topological polar surface area (TPSA) is 246 Å². The first-order valence-corrected chi connectivity index (χ1v) is 22.5. The number of nitrogens with one attached hydrogen (secondary N) is 6. The number of hydrogen-bond acceptors (Lipinski definition) is 13. The Morgan fingerprint density at radius 3 is 1.89 bits per heavy atom. The second kappa shape index (κ2) is 21.5. The molecule has 0 aliphatic heterocycles. The second-order valence-electron chi connectivity index (χ2n) is 17.3. The number of anilines is 2. The zero-order valence-corrected chi connectivity index (χ0v) is 39.4. The normalized spacial score (nSPS) is 12.1. The Labute approximate surface area is 383 Å². The lowest BCUT2D eigenvalue weighted by Gasteiger charge is -2.12. The van der Waals surface area contributed by atoms with Gasteiger partial charge in [-0.3, -0.25) is 30.5 Å². The van der Waals surface area contributed by atoms with Crippen molar-refractivity contribution in [1.82, 2.24) is 85.9 Å². The Bertz CT molecular complexity index is 2890. The summed E-state index contributed by atoms with van der Waals surface area (Å²) in [7, 11) is 0. The van der Waals surface area contributed by atoms with Gasteiger partial charge in [0, 0.05) is 63.7 Å². The monoisotopic (exact) mass is 889 g/mol. The molecule has 18 heteroatoms. The van der Waals surface area contributed by atoms with Crippen LogP contribution in [0.15, 0.2) is 73.6 Å². The summed E-state index contributed by atoms with van der Waals surface area (Å²) < 4.78 is 0. The Hall–Kier alpha value is -7.50. The first kappa shape index (κ1) is 46.5. The minimum atomic E-state index is 0.431. The number of para-hydroxylation sites is 1. The van der Waals surface area contributed by atoms with Gasteiger partial charge in [-0.1, -0.05) is 67.5 Å². The van der Waals surface area contributed by atoms with E-state index in [9.17, 15) is 0 Å². The molecule has 342 valence electrons. The van der Waals surface area contributed by atoms with Crippen LogP contribution in [-0.4, -0.2) is 85.9 Å². The van der Waals surface area contributed by atoms with E-state index in [-0.39, 0.29) is 0 Å². The number of rotatable bonds is 6. The summed E-state index contributed by atoms with van der Waals surface area (Å²) in [5.74, 6) is 4.55. The van der Waals surface area contributed by atoms with E-state index in [1.807, 2.05) is 62.5 Å². The first-order chi connectivity index (χ1) is 31.9. The largest absolute Gasteiger partial charge is 0.307 e. The highest BCUT2D eigenvalue weighted by Gasteiger charge is 2.18. The number of fused-ring (bicyclic) bond motifs is 5. The van der Waals surface area contributed by atoms with Crippen LogP contribution in [-0.2, 0) is 12.8 Å². The minimum absolute atomic E-state index is 0.431. The number of hydrogen-bond donors (Lipinski definition) is 6. The van der Waals surface area contributed by atoms with Crippen LogP contribution in [0.4, 0.5) is 11.8 Å². The van der Waals surface area contributed by atoms with Gasteiger partial charge in [-0.15, -0.1) is 0 Å². The SMILES string of the molecule is CC(C)c1[nH]nc2ccncc12.CC(C)c1[nH]nc2ncccc12.CC(C)c1[nH]nc2ncncc12.CC(C)c1n[nH]c2c1CCCC2.Cc1nc(C)nc(Nc2n[nH]c3ccccc23)n1. The van der Waals surface area contributed by atoms with Crippen molar-refractivity contribution in [2.45, 2.75) is 119 Å². The zero-order chi connectivity index (χ0) is 46.7. The Balaban J connectivity index is 0.000000124. The van der Waals surface area contributed by atoms with Gasteiger partial charge >= 0.3 is 0 Å². The molecule has 1 aromatic carbocycles. The van der Waals surface area contributed by atoms with E-state index >= 15 is 0 Å². The highest BCUT2D eigenvalue weighted by Crippen LogP contribution is 2.27. The third-order valence-corrected chi connectivity index (χ3v) is 10.9. The van der Waals surface area contributed by atoms with Crippen molar-refractivity contribution in [3.63, 3.8) is 0 Å². The molecule has 0 fully saturated rings. The lowest BCUT2D eigenvalue weighted by molar-refractivity contribution is 0.668. The molecule has 66 heavy (non-hydrogen) atoms. The maximum absolute atomic E-state index is 4.37. The molecule has 0 spiro atoms. The van der Waals surface area contributed by atoms with Gasteiger partial charge in [-0.25, -0.2) is 19.9 Å². The van der Waals surface area contributed by atoms with Gasteiger partial charge in [0.1, 0.15) is 18.0 Å². The molecule has 9 heterocycles. The molecule has 0 radical (unpaired) electrons. The summed E-state index contributed by atoms with van der Waals surface area (Å²) in [6.45, 7) is 20.9. The highest BCUT2D eigenvalue weighted by molar-refractivity contribution is 5.90. The summed E-state index contributed by atoms with van der Waals surface area (Å²) >= 11 is 0. The second-order valence-corrected chi connectivity index (χ2v) is 17.3. The van der Waals surface area contributed by atoms with Crippen molar-refractivity contribution in [3.05, 3.63) is 119 Å². The number of aromatic nitrogens is 17. The predicted molar refractivity (Wildman–Crippen MR) is 260 cm³/mol. The molecule has 1 aliphatic rings. The van der Waals surface area contributed by atoms with Gasteiger partial charge in [-0.05, 0) is 99.1 Å². The summed E-state index contributed by atoms with van der Waals surface area (Å²) in [6.07, 6.45) is 13.8. The van der Waals surface area contributed by atoms with Crippen molar-refractivity contribution in [2.75, 3.05) is 5.32 Å². The highest BCUT2D eigenvalue weighted by atomic mass is 15.2. The van der Waals surface area contributed by atoms with Crippen LogP contribution < -0.4 is 5.32 Å². The number of H-pyrrole nitrogens is 5. The molecule has 11 rings (SSSR count). The van der Waals surface area contributed by atoms with E-state index in [4.69, 9.17) is 0 Å². The smallest absolute Gasteiger partial charge is 0.231 e.